The molecule has 0 aliphatic rings. The van der Waals surface area contributed by atoms with Crippen LogP contribution in [0.4, 0.5) is 0 Å². The maximum Gasteiger partial charge on any atom is 0.328 e. The molecule has 3 rings (SSSR count). The molecule has 1 aromatic carbocycles. The number of carbonyl (C=O) groups excluding carboxylic acids is 1. The van der Waals surface area contributed by atoms with E-state index in [9.17, 15) is 14.4 Å². The minimum absolute atomic E-state index is 0.00670. The molecule has 0 spiro atoms. The van der Waals surface area contributed by atoms with Gasteiger partial charge >= 0.3 is 5.69 Å². The first kappa shape index (κ1) is 18.1. The quantitative estimate of drug-likeness (QED) is 0.562. The number of aromatic amines is 1. The molecule has 7 nitrogen and oxygen atoms in total. The van der Waals surface area contributed by atoms with Crippen LogP contribution in [0.5, 0.6) is 0 Å². The van der Waals surface area contributed by atoms with E-state index in [2.05, 4.69) is 37.9 Å². The van der Waals surface area contributed by atoms with E-state index in [-0.39, 0.29) is 18.7 Å². The molecular formula is C18H15IN4O3. The maximum atomic E-state index is 12.5. The van der Waals surface area contributed by atoms with Crippen molar-refractivity contribution < 1.29 is 4.79 Å². The van der Waals surface area contributed by atoms with Gasteiger partial charge in [-0.3, -0.25) is 19.1 Å². The van der Waals surface area contributed by atoms with Gasteiger partial charge in [-0.15, -0.1) is 0 Å². The van der Waals surface area contributed by atoms with E-state index >= 15 is 0 Å². The zero-order valence-electron chi connectivity index (χ0n) is 13.6. The van der Waals surface area contributed by atoms with Crippen LogP contribution in [0.1, 0.15) is 21.6 Å². The summed E-state index contributed by atoms with van der Waals surface area (Å²) in [5.41, 5.74) is 0.106. The molecule has 1 amide bonds. The van der Waals surface area contributed by atoms with Crippen LogP contribution in [0.3, 0.4) is 0 Å². The second-order valence-electron chi connectivity index (χ2n) is 5.53. The number of nitrogens with zero attached hydrogens (tertiary/aromatic N) is 2. The normalized spacial score (nSPS) is 10.5. The summed E-state index contributed by atoms with van der Waals surface area (Å²) in [5, 5.41) is 2.69. The van der Waals surface area contributed by atoms with E-state index in [1.165, 1.54) is 0 Å². The second-order valence-corrected chi connectivity index (χ2v) is 6.77. The number of hydrogen-bond donors (Lipinski definition) is 2. The van der Waals surface area contributed by atoms with Gasteiger partial charge in [-0.2, -0.15) is 0 Å². The van der Waals surface area contributed by atoms with E-state index < -0.39 is 17.2 Å². The van der Waals surface area contributed by atoms with E-state index in [0.29, 0.717) is 5.69 Å². The van der Waals surface area contributed by atoms with E-state index in [1.807, 2.05) is 24.3 Å². The lowest BCUT2D eigenvalue weighted by molar-refractivity contribution is 0.0948. The van der Waals surface area contributed by atoms with Crippen molar-refractivity contribution in [3.8, 4) is 0 Å². The van der Waals surface area contributed by atoms with Crippen molar-refractivity contribution >= 4 is 28.5 Å². The van der Waals surface area contributed by atoms with Crippen LogP contribution in [0, 0.1) is 3.57 Å². The highest BCUT2D eigenvalue weighted by atomic mass is 127. The van der Waals surface area contributed by atoms with Gasteiger partial charge in [0.2, 0.25) is 0 Å². The summed E-state index contributed by atoms with van der Waals surface area (Å²) in [6, 6.07) is 12.9. The molecule has 0 aliphatic carbocycles. The van der Waals surface area contributed by atoms with Crippen molar-refractivity contribution in [2.75, 3.05) is 0 Å². The summed E-state index contributed by atoms with van der Waals surface area (Å²) >= 11 is 2.20. The summed E-state index contributed by atoms with van der Waals surface area (Å²) in [7, 11) is 0. The second kappa shape index (κ2) is 8.09. The van der Waals surface area contributed by atoms with Crippen molar-refractivity contribution in [2.24, 2.45) is 0 Å². The number of rotatable bonds is 5. The Morgan fingerprint density at radius 2 is 1.92 bits per heavy atom. The van der Waals surface area contributed by atoms with Gasteiger partial charge in [-0.1, -0.05) is 18.2 Å². The Morgan fingerprint density at radius 1 is 1.15 bits per heavy atom. The van der Waals surface area contributed by atoms with E-state index in [0.717, 1.165) is 19.9 Å². The highest BCUT2D eigenvalue weighted by Crippen LogP contribution is 2.06. The number of pyridine rings is 1. The van der Waals surface area contributed by atoms with E-state index in [1.54, 1.807) is 24.4 Å². The molecule has 2 N–H and O–H groups in total. The van der Waals surface area contributed by atoms with Crippen LogP contribution in [0.2, 0.25) is 0 Å². The monoisotopic (exact) mass is 462 g/mol. The Labute approximate surface area is 162 Å². The van der Waals surface area contributed by atoms with Crippen LogP contribution >= 0.6 is 22.6 Å². The fourth-order valence-electron chi connectivity index (χ4n) is 2.35. The molecule has 132 valence electrons. The van der Waals surface area contributed by atoms with Gasteiger partial charge in [0.25, 0.3) is 11.5 Å². The van der Waals surface area contributed by atoms with Gasteiger partial charge in [0.1, 0.15) is 5.56 Å². The van der Waals surface area contributed by atoms with Crippen molar-refractivity contribution in [3.05, 3.63) is 96.1 Å². The Kier molecular flexibility index (Phi) is 5.61. The first-order valence-electron chi connectivity index (χ1n) is 7.79. The third kappa shape index (κ3) is 4.26. The molecule has 3 aromatic rings. The topological polar surface area (TPSA) is 96.8 Å². The number of H-pyrrole nitrogens is 1. The summed E-state index contributed by atoms with van der Waals surface area (Å²) in [5.74, 6) is -0.542. The standard InChI is InChI=1S/C18H15IN4O3/c19-13-6-4-12(5-7-13)9-21-16(24)15-10-22-18(26)23(17(15)25)11-14-3-1-2-8-20-14/h1-8,10H,9,11H2,(H,21,24)(H,22,26). The highest BCUT2D eigenvalue weighted by molar-refractivity contribution is 14.1. The number of amides is 1. The van der Waals surface area contributed by atoms with Gasteiger partial charge in [0, 0.05) is 22.5 Å². The molecule has 0 bridgehead atoms. The fourth-order valence-corrected chi connectivity index (χ4v) is 2.71. The molecule has 0 saturated heterocycles. The van der Waals surface area contributed by atoms with Gasteiger partial charge in [-0.05, 0) is 52.4 Å². The summed E-state index contributed by atoms with van der Waals surface area (Å²) in [4.78, 5) is 43.4. The van der Waals surface area contributed by atoms with E-state index in [4.69, 9.17) is 0 Å². The number of halogens is 1. The number of benzene rings is 1. The largest absolute Gasteiger partial charge is 0.348 e. The Morgan fingerprint density at radius 3 is 2.62 bits per heavy atom. The van der Waals surface area contributed by atoms with Crippen molar-refractivity contribution in [1.29, 1.82) is 0 Å². The average molecular weight is 462 g/mol. The molecule has 0 atom stereocenters. The van der Waals surface area contributed by atoms with Crippen LogP contribution in [-0.2, 0) is 13.1 Å². The maximum absolute atomic E-state index is 12.5. The molecule has 0 aliphatic heterocycles. The number of nitrogens with one attached hydrogen (secondary N) is 2. The summed E-state index contributed by atoms with van der Waals surface area (Å²) in [6.45, 7) is 0.280. The molecular weight excluding hydrogens is 447 g/mol. The molecule has 0 fully saturated rings. The lowest BCUT2D eigenvalue weighted by atomic mass is 10.2. The fraction of sp³-hybridized carbons (Fsp3) is 0.111. The zero-order valence-corrected chi connectivity index (χ0v) is 15.8. The first-order chi connectivity index (χ1) is 12.5. The Balaban J connectivity index is 1.80. The molecule has 0 unspecified atom stereocenters. The number of carbonyl (C=O) groups is 1. The lowest BCUT2D eigenvalue weighted by Crippen LogP contribution is -2.40. The van der Waals surface area contributed by atoms with Crippen LogP contribution in [-0.4, -0.2) is 20.4 Å². The van der Waals surface area contributed by atoms with Crippen molar-refractivity contribution in [3.63, 3.8) is 0 Å². The van der Waals surface area contributed by atoms with Gasteiger partial charge in [-0.25, -0.2) is 4.79 Å². The Hall–Kier alpha value is -2.75. The lowest BCUT2D eigenvalue weighted by Gasteiger charge is -2.08. The SMILES string of the molecule is O=C(NCc1ccc(I)cc1)c1c[nH]c(=O)n(Cc2ccccn2)c1=O. The predicted molar refractivity (Wildman–Crippen MR) is 105 cm³/mol. The third-order valence-corrected chi connectivity index (χ3v) is 4.44. The minimum Gasteiger partial charge on any atom is -0.348 e. The zero-order chi connectivity index (χ0) is 18.5. The van der Waals surface area contributed by atoms with Crippen LogP contribution in [0.25, 0.3) is 0 Å². The third-order valence-electron chi connectivity index (χ3n) is 3.72. The molecule has 8 heteroatoms. The number of aromatic nitrogens is 3. The van der Waals surface area contributed by atoms with Crippen molar-refractivity contribution in [2.45, 2.75) is 13.1 Å². The Bertz CT molecular complexity index is 1030. The molecule has 0 saturated carbocycles. The van der Waals surface area contributed by atoms with Gasteiger partial charge in [0.15, 0.2) is 0 Å². The minimum atomic E-state index is -0.653. The highest BCUT2D eigenvalue weighted by Gasteiger charge is 2.15. The first-order valence-corrected chi connectivity index (χ1v) is 8.87. The molecule has 2 aromatic heterocycles. The van der Waals surface area contributed by atoms with Crippen LogP contribution in [0.15, 0.2) is 64.4 Å². The predicted octanol–water partition coefficient (Wildman–Crippen LogP) is 1.51. The molecule has 26 heavy (non-hydrogen) atoms. The molecule has 0 radical (unpaired) electrons. The molecule has 2 heterocycles. The summed E-state index contributed by atoms with van der Waals surface area (Å²) in [6.07, 6.45) is 2.72. The average Bonchev–Trinajstić information content (AvgIpc) is 2.65. The van der Waals surface area contributed by atoms with Gasteiger partial charge < -0.3 is 10.3 Å². The number of hydrogen-bond acceptors (Lipinski definition) is 4. The van der Waals surface area contributed by atoms with Crippen LogP contribution < -0.4 is 16.6 Å². The van der Waals surface area contributed by atoms with Crippen molar-refractivity contribution in [1.82, 2.24) is 19.9 Å². The smallest absolute Gasteiger partial charge is 0.328 e. The summed E-state index contributed by atoms with van der Waals surface area (Å²) < 4.78 is 2.05. The van der Waals surface area contributed by atoms with Gasteiger partial charge in [0.05, 0.1) is 12.2 Å².